The number of hydrogen-bond donors (Lipinski definition) is 1. The normalized spacial score (nSPS) is 25.2. The summed E-state index contributed by atoms with van der Waals surface area (Å²) in [5.74, 6) is 0.962. The maximum absolute atomic E-state index is 11.1. The molecule has 1 N–H and O–H groups in total. The molecular formula is C20H43N3O. The van der Waals surface area contributed by atoms with Gasteiger partial charge in [0.05, 0.1) is 0 Å². The van der Waals surface area contributed by atoms with E-state index in [-0.39, 0.29) is 5.91 Å². The minimum atomic E-state index is 0.123. The van der Waals surface area contributed by atoms with E-state index < -0.39 is 0 Å². The van der Waals surface area contributed by atoms with E-state index in [2.05, 4.69) is 29.0 Å². The van der Waals surface area contributed by atoms with Crippen LogP contribution in [0, 0.1) is 5.92 Å². The minimum Gasteiger partial charge on any atom is -0.354 e. The van der Waals surface area contributed by atoms with Crippen molar-refractivity contribution in [3.8, 4) is 0 Å². The molecule has 0 radical (unpaired) electrons. The minimum absolute atomic E-state index is 0.123. The van der Waals surface area contributed by atoms with E-state index in [0.29, 0.717) is 12.1 Å². The smallest absolute Gasteiger partial charge is 0.217 e. The molecule has 144 valence electrons. The molecule has 0 spiro atoms. The molecule has 1 aliphatic heterocycles. The molecular weight excluding hydrogens is 298 g/mol. The van der Waals surface area contributed by atoms with Crippen LogP contribution in [0.25, 0.3) is 0 Å². The molecule has 2 rings (SSSR count). The monoisotopic (exact) mass is 341 g/mol. The summed E-state index contributed by atoms with van der Waals surface area (Å²) >= 11 is 0. The van der Waals surface area contributed by atoms with Gasteiger partial charge in [0.1, 0.15) is 0 Å². The average Bonchev–Trinajstić information content (AvgIpc) is 2.60. The zero-order valence-electron chi connectivity index (χ0n) is 17.4. The molecule has 0 aromatic heterocycles. The zero-order valence-corrected chi connectivity index (χ0v) is 17.4. The Morgan fingerprint density at radius 2 is 1.46 bits per heavy atom. The van der Waals surface area contributed by atoms with Gasteiger partial charge in [0, 0.05) is 51.7 Å². The second kappa shape index (κ2) is 13.7. The van der Waals surface area contributed by atoms with E-state index in [1.807, 2.05) is 27.7 Å². The van der Waals surface area contributed by atoms with Gasteiger partial charge in [-0.25, -0.2) is 0 Å². The Labute approximate surface area is 151 Å². The first kappa shape index (κ1) is 23.4. The molecule has 4 nitrogen and oxygen atoms in total. The standard InChI is InChI=1S/C16H31N3O.2C2H6/c1-13(2)19-10-8-18(9-11-19)12-15-4-6-16(7-5-15)17-14(3)20;2*1-2/h13,15-16H,4-12H2,1-3H3,(H,17,20);2*1-2H3. The number of piperazine rings is 1. The van der Waals surface area contributed by atoms with Crippen LogP contribution in [0.4, 0.5) is 0 Å². The maximum atomic E-state index is 11.1. The Balaban J connectivity index is 0.00000123. The lowest BCUT2D eigenvalue weighted by atomic mass is 9.85. The molecule has 1 amide bonds. The highest BCUT2D eigenvalue weighted by Gasteiger charge is 2.25. The Hall–Kier alpha value is -0.610. The first-order chi connectivity index (χ1) is 11.5. The zero-order chi connectivity index (χ0) is 18.5. The molecule has 4 heteroatoms. The van der Waals surface area contributed by atoms with E-state index in [0.717, 1.165) is 18.8 Å². The lowest BCUT2D eigenvalue weighted by Crippen LogP contribution is -2.50. The van der Waals surface area contributed by atoms with Gasteiger partial charge < -0.3 is 10.2 Å². The summed E-state index contributed by atoms with van der Waals surface area (Å²) < 4.78 is 0. The van der Waals surface area contributed by atoms with Crippen LogP contribution in [0.15, 0.2) is 0 Å². The number of hydrogen-bond acceptors (Lipinski definition) is 3. The molecule has 2 fully saturated rings. The van der Waals surface area contributed by atoms with Crippen LogP contribution in [-0.4, -0.2) is 60.5 Å². The Bertz CT molecular complexity index is 304. The van der Waals surface area contributed by atoms with E-state index in [4.69, 9.17) is 0 Å². The third-order valence-corrected chi connectivity index (χ3v) is 4.91. The molecule has 24 heavy (non-hydrogen) atoms. The van der Waals surface area contributed by atoms with Crippen molar-refractivity contribution < 1.29 is 4.79 Å². The first-order valence-corrected chi connectivity index (χ1v) is 10.3. The number of amides is 1. The van der Waals surface area contributed by atoms with Crippen molar-refractivity contribution in [3.63, 3.8) is 0 Å². The molecule has 0 atom stereocenters. The van der Waals surface area contributed by atoms with Crippen molar-refractivity contribution in [3.05, 3.63) is 0 Å². The van der Waals surface area contributed by atoms with E-state index in [9.17, 15) is 4.79 Å². The van der Waals surface area contributed by atoms with Crippen LogP contribution in [0.2, 0.25) is 0 Å². The molecule has 1 heterocycles. The van der Waals surface area contributed by atoms with E-state index in [1.54, 1.807) is 6.92 Å². The Kier molecular flexibility index (Phi) is 13.3. The van der Waals surface area contributed by atoms with Gasteiger partial charge in [0.15, 0.2) is 0 Å². The topological polar surface area (TPSA) is 35.6 Å². The van der Waals surface area contributed by atoms with Gasteiger partial charge in [-0.05, 0) is 45.4 Å². The summed E-state index contributed by atoms with van der Waals surface area (Å²) in [6.45, 7) is 20.4. The molecule has 0 unspecified atom stereocenters. The van der Waals surface area contributed by atoms with Gasteiger partial charge in [0.2, 0.25) is 5.91 Å². The van der Waals surface area contributed by atoms with Crippen molar-refractivity contribution in [1.29, 1.82) is 0 Å². The van der Waals surface area contributed by atoms with Crippen molar-refractivity contribution in [2.24, 2.45) is 5.92 Å². The highest BCUT2D eigenvalue weighted by atomic mass is 16.1. The van der Waals surface area contributed by atoms with E-state index in [1.165, 1.54) is 45.6 Å². The molecule has 1 saturated heterocycles. The molecule has 0 aromatic rings. The van der Waals surface area contributed by atoms with Crippen LogP contribution in [0.1, 0.15) is 74.1 Å². The summed E-state index contributed by atoms with van der Waals surface area (Å²) in [6.07, 6.45) is 4.87. The lowest BCUT2D eigenvalue weighted by Gasteiger charge is -2.39. The van der Waals surface area contributed by atoms with E-state index >= 15 is 0 Å². The van der Waals surface area contributed by atoms with Gasteiger partial charge in [-0.15, -0.1) is 0 Å². The number of nitrogens with one attached hydrogen (secondary N) is 1. The summed E-state index contributed by atoms with van der Waals surface area (Å²) in [4.78, 5) is 16.3. The van der Waals surface area contributed by atoms with Gasteiger partial charge >= 0.3 is 0 Å². The quantitative estimate of drug-likeness (QED) is 0.846. The van der Waals surface area contributed by atoms with Crippen LogP contribution in [0.3, 0.4) is 0 Å². The van der Waals surface area contributed by atoms with Gasteiger partial charge in [-0.1, -0.05) is 27.7 Å². The number of nitrogens with zero attached hydrogens (tertiary/aromatic N) is 2. The second-order valence-electron chi connectivity index (χ2n) is 6.85. The van der Waals surface area contributed by atoms with Crippen molar-refractivity contribution >= 4 is 5.91 Å². The van der Waals surface area contributed by atoms with Crippen LogP contribution in [0.5, 0.6) is 0 Å². The van der Waals surface area contributed by atoms with Crippen molar-refractivity contribution in [2.45, 2.75) is 86.2 Å². The highest BCUT2D eigenvalue weighted by Crippen LogP contribution is 2.25. The summed E-state index contributed by atoms with van der Waals surface area (Å²) in [6, 6.07) is 1.12. The van der Waals surface area contributed by atoms with Gasteiger partial charge in [0.25, 0.3) is 0 Å². The second-order valence-corrected chi connectivity index (χ2v) is 6.85. The summed E-state index contributed by atoms with van der Waals surface area (Å²) in [7, 11) is 0. The lowest BCUT2D eigenvalue weighted by molar-refractivity contribution is -0.119. The fraction of sp³-hybridized carbons (Fsp3) is 0.950. The first-order valence-electron chi connectivity index (χ1n) is 10.3. The number of carbonyl (C=O) groups excluding carboxylic acids is 1. The van der Waals surface area contributed by atoms with Gasteiger partial charge in [-0.3, -0.25) is 9.69 Å². The number of rotatable bonds is 4. The largest absolute Gasteiger partial charge is 0.354 e. The SMILES string of the molecule is CC.CC.CC(=O)NC1CCC(CN2CCN(C(C)C)CC2)CC1. The third-order valence-electron chi connectivity index (χ3n) is 4.91. The molecule has 1 saturated carbocycles. The van der Waals surface area contributed by atoms with Crippen LogP contribution >= 0.6 is 0 Å². The Morgan fingerprint density at radius 1 is 0.958 bits per heavy atom. The average molecular weight is 342 g/mol. The predicted molar refractivity (Wildman–Crippen MR) is 105 cm³/mol. The molecule has 0 bridgehead atoms. The van der Waals surface area contributed by atoms with Gasteiger partial charge in [-0.2, -0.15) is 0 Å². The molecule has 1 aliphatic carbocycles. The molecule has 2 aliphatic rings. The van der Waals surface area contributed by atoms with Crippen LogP contribution < -0.4 is 5.32 Å². The summed E-state index contributed by atoms with van der Waals surface area (Å²) in [5.41, 5.74) is 0. The van der Waals surface area contributed by atoms with Crippen LogP contribution in [-0.2, 0) is 4.79 Å². The maximum Gasteiger partial charge on any atom is 0.217 e. The van der Waals surface area contributed by atoms with Crippen molar-refractivity contribution in [1.82, 2.24) is 15.1 Å². The highest BCUT2D eigenvalue weighted by molar-refractivity contribution is 5.73. The fourth-order valence-electron chi connectivity index (χ4n) is 3.60. The molecule has 0 aromatic carbocycles. The third kappa shape index (κ3) is 9.03. The fourth-order valence-corrected chi connectivity index (χ4v) is 3.60. The number of carbonyl (C=O) groups is 1. The summed E-state index contributed by atoms with van der Waals surface area (Å²) in [5, 5.41) is 3.06. The Morgan fingerprint density at radius 3 is 1.88 bits per heavy atom. The van der Waals surface area contributed by atoms with Crippen molar-refractivity contribution in [2.75, 3.05) is 32.7 Å². The predicted octanol–water partition coefficient (Wildman–Crippen LogP) is 3.76.